The number of hydrogen-bond acceptors (Lipinski definition) is 5. The molecule has 1 aliphatic heterocycles. The summed E-state index contributed by atoms with van der Waals surface area (Å²) in [6.07, 6.45) is -3.08. The Bertz CT molecular complexity index is 1260. The molecule has 162 valence electrons. The molecule has 1 amide bonds. The lowest BCUT2D eigenvalue weighted by atomic mass is 10.1. The zero-order valence-electron chi connectivity index (χ0n) is 15.9. The summed E-state index contributed by atoms with van der Waals surface area (Å²) < 4.78 is 44.9. The molecule has 10 heteroatoms. The smallest absolute Gasteiger partial charge is 0.416 e. The van der Waals surface area contributed by atoms with Gasteiger partial charge in [0.15, 0.2) is 4.32 Å². The van der Waals surface area contributed by atoms with E-state index < -0.39 is 23.6 Å². The molecule has 0 saturated carbocycles. The minimum atomic E-state index is -4.54. The van der Waals surface area contributed by atoms with Crippen LogP contribution in [-0.2, 0) is 11.0 Å². The van der Waals surface area contributed by atoms with Gasteiger partial charge in [-0.3, -0.25) is 9.69 Å². The van der Waals surface area contributed by atoms with Gasteiger partial charge in [-0.1, -0.05) is 42.2 Å². The number of halogens is 3. The molecule has 3 aromatic rings. The standard InChI is InChI=1S/C22H12F3NO4S2/c23-22(24,25)14-2-1-3-15(10-14)26-19(27)18(32-21(26)31)11-16-8-9-17(30-16)12-4-6-13(7-5-12)20(28)29/h1-11H,(H,28,29). The molecule has 5 nitrogen and oxygen atoms in total. The van der Waals surface area contributed by atoms with Gasteiger partial charge >= 0.3 is 12.1 Å². The third kappa shape index (κ3) is 4.32. The molecule has 32 heavy (non-hydrogen) atoms. The fourth-order valence-corrected chi connectivity index (χ4v) is 4.28. The van der Waals surface area contributed by atoms with E-state index in [0.29, 0.717) is 17.1 Å². The predicted octanol–water partition coefficient (Wildman–Crippen LogP) is 6.07. The number of hydrogen-bond donors (Lipinski definition) is 1. The zero-order valence-corrected chi connectivity index (χ0v) is 17.6. The monoisotopic (exact) mass is 475 g/mol. The highest BCUT2D eigenvalue weighted by atomic mass is 32.2. The maximum atomic E-state index is 13.0. The number of thioether (sulfide) groups is 1. The topological polar surface area (TPSA) is 70.8 Å². The molecule has 0 aliphatic carbocycles. The largest absolute Gasteiger partial charge is 0.478 e. The van der Waals surface area contributed by atoms with Crippen molar-refractivity contribution < 1.29 is 32.3 Å². The van der Waals surface area contributed by atoms with Crippen LogP contribution in [0.2, 0.25) is 0 Å². The summed E-state index contributed by atoms with van der Waals surface area (Å²) >= 11 is 6.17. The summed E-state index contributed by atoms with van der Waals surface area (Å²) in [5.74, 6) is -0.795. The molecule has 1 aromatic heterocycles. The first kappa shape index (κ1) is 21.8. The Kier molecular flexibility index (Phi) is 5.66. The second-order valence-corrected chi connectivity index (χ2v) is 8.33. The number of nitrogens with zero attached hydrogens (tertiary/aromatic N) is 1. The van der Waals surface area contributed by atoms with Crippen molar-refractivity contribution in [2.45, 2.75) is 6.18 Å². The number of aromatic carboxylic acids is 1. The molecular formula is C22H12F3NO4S2. The fraction of sp³-hybridized carbons (Fsp3) is 0.0455. The number of carboxylic acid groups (broad SMARTS) is 1. The van der Waals surface area contributed by atoms with Gasteiger partial charge in [-0.25, -0.2) is 4.79 Å². The van der Waals surface area contributed by atoms with Crippen LogP contribution in [0.3, 0.4) is 0 Å². The van der Waals surface area contributed by atoms with Crippen molar-refractivity contribution in [3.63, 3.8) is 0 Å². The first-order valence-corrected chi connectivity index (χ1v) is 10.2. The number of alkyl halides is 3. The lowest BCUT2D eigenvalue weighted by Gasteiger charge is -2.16. The summed E-state index contributed by atoms with van der Waals surface area (Å²) in [5.41, 5.74) is -0.0630. The van der Waals surface area contributed by atoms with Crippen molar-refractivity contribution in [3.05, 3.63) is 82.5 Å². The van der Waals surface area contributed by atoms with Gasteiger partial charge in [0.2, 0.25) is 0 Å². The van der Waals surface area contributed by atoms with Gasteiger partial charge in [0, 0.05) is 11.6 Å². The SMILES string of the molecule is O=C(O)c1ccc(-c2ccc(C=C3SC(=S)N(c4cccc(C(F)(F)F)c4)C3=O)o2)cc1. The summed E-state index contributed by atoms with van der Waals surface area (Å²) in [4.78, 5) is 25.0. The van der Waals surface area contributed by atoms with Crippen molar-refractivity contribution in [1.29, 1.82) is 0 Å². The van der Waals surface area contributed by atoms with Crippen molar-refractivity contribution in [2.24, 2.45) is 0 Å². The molecule has 1 aliphatic rings. The molecule has 2 aromatic carbocycles. The van der Waals surface area contributed by atoms with Crippen LogP contribution in [-0.4, -0.2) is 21.3 Å². The molecule has 0 spiro atoms. The predicted molar refractivity (Wildman–Crippen MR) is 118 cm³/mol. The summed E-state index contributed by atoms with van der Waals surface area (Å²) in [6, 6.07) is 13.8. The lowest BCUT2D eigenvalue weighted by molar-refractivity contribution is -0.137. The quantitative estimate of drug-likeness (QED) is 0.365. The van der Waals surface area contributed by atoms with Crippen LogP contribution in [0, 0.1) is 0 Å². The van der Waals surface area contributed by atoms with E-state index in [1.165, 1.54) is 30.3 Å². The number of amides is 1. The van der Waals surface area contributed by atoms with Crippen LogP contribution in [0.25, 0.3) is 17.4 Å². The lowest BCUT2D eigenvalue weighted by Crippen LogP contribution is -2.27. The molecule has 1 N–H and O–H groups in total. The van der Waals surface area contributed by atoms with Gasteiger partial charge in [0.05, 0.1) is 21.7 Å². The molecular weight excluding hydrogens is 463 g/mol. The van der Waals surface area contributed by atoms with E-state index in [4.69, 9.17) is 21.7 Å². The first-order valence-electron chi connectivity index (χ1n) is 9.02. The number of benzene rings is 2. The highest BCUT2D eigenvalue weighted by Crippen LogP contribution is 2.38. The minimum Gasteiger partial charge on any atom is -0.478 e. The molecule has 0 unspecified atom stereocenters. The van der Waals surface area contributed by atoms with Crippen LogP contribution < -0.4 is 4.90 Å². The second-order valence-electron chi connectivity index (χ2n) is 6.65. The van der Waals surface area contributed by atoms with E-state index in [-0.39, 0.29) is 20.5 Å². The van der Waals surface area contributed by atoms with Crippen LogP contribution in [0.1, 0.15) is 21.7 Å². The molecule has 4 rings (SSSR count). The van der Waals surface area contributed by atoms with Gasteiger partial charge in [0.1, 0.15) is 11.5 Å². The Labute approximate surface area is 189 Å². The maximum absolute atomic E-state index is 13.0. The third-order valence-corrected chi connectivity index (χ3v) is 5.84. The van der Waals surface area contributed by atoms with E-state index >= 15 is 0 Å². The normalized spacial score (nSPS) is 15.6. The van der Waals surface area contributed by atoms with Crippen molar-refractivity contribution in [1.82, 2.24) is 0 Å². The Balaban J connectivity index is 1.58. The van der Waals surface area contributed by atoms with Crippen molar-refractivity contribution in [3.8, 4) is 11.3 Å². The van der Waals surface area contributed by atoms with Crippen LogP contribution in [0.5, 0.6) is 0 Å². The van der Waals surface area contributed by atoms with Crippen molar-refractivity contribution in [2.75, 3.05) is 4.90 Å². The Morgan fingerprint density at radius 3 is 2.47 bits per heavy atom. The number of carboxylic acids is 1. The Morgan fingerprint density at radius 1 is 1.09 bits per heavy atom. The summed E-state index contributed by atoms with van der Waals surface area (Å²) in [6.45, 7) is 0. The number of furan rings is 1. The number of rotatable bonds is 4. The number of anilines is 1. The van der Waals surface area contributed by atoms with E-state index in [0.717, 1.165) is 28.8 Å². The van der Waals surface area contributed by atoms with Crippen LogP contribution >= 0.6 is 24.0 Å². The van der Waals surface area contributed by atoms with Gasteiger partial charge in [-0.2, -0.15) is 13.2 Å². The van der Waals surface area contributed by atoms with E-state index in [1.54, 1.807) is 24.3 Å². The molecule has 0 atom stereocenters. The van der Waals surface area contributed by atoms with Crippen molar-refractivity contribution >= 4 is 51.9 Å². The van der Waals surface area contributed by atoms with Gasteiger partial charge in [-0.05, 0) is 42.5 Å². The third-order valence-electron chi connectivity index (χ3n) is 4.54. The van der Waals surface area contributed by atoms with Crippen LogP contribution in [0.15, 0.2) is 70.0 Å². The number of carbonyl (C=O) groups excluding carboxylic acids is 1. The van der Waals surface area contributed by atoms with Gasteiger partial charge in [-0.15, -0.1) is 0 Å². The average molecular weight is 475 g/mol. The van der Waals surface area contributed by atoms with Gasteiger partial charge in [0.25, 0.3) is 5.91 Å². The highest BCUT2D eigenvalue weighted by Gasteiger charge is 2.36. The summed E-state index contributed by atoms with van der Waals surface area (Å²) in [5, 5.41) is 8.98. The number of carbonyl (C=O) groups is 2. The van der Waals surface area contributed by atoms with E-state index in [9.17, 15) is 22.8 Å². The molecule has 2 heterocycles. The fourth-order valence-electron chi connectivity index (χ4n) is 3.00. The van der Waals surface area contributed by atoms with E-state index in [1.807, 2.05) is 0 Å². The minimum absolute atomic E-state index is 0.0318. The van der Waals surface area contributed by atoms with E-state index in [2.05, 4.69) is 0 Å². The Hall–Kier alpha value is -3.37. The highest BCUT2D eigenvalue weighted by molar-refractivity contribution is 8.27. The first-order chi connectivity index (χ1) is 15.1. The maximum Gasteiger partial charge on any atom is 0.416 e. The average Bonchev–Trinajstić information content (AvgIpc) is 3.32. The molecule has 1 fully saturated rings. The molecule has 1 saturated heterocycles. The Morgan fingerprint density at radius 2 is 1.81 bits per heavy atom. The second kappa shape index (κ2) is 8.29. The zero-order chi connectivity index (χ0) is 23.0. The summed E-state index contributed by atoms with van der Waals surface area (Å²) in [7, 11) is 0. The number of thiocarbonyl (C=S) groups is 1. The van der Waals surface area contributed by atoms with Crippen LogP contribution in [0.4, 0.5) is 18.9 Å². The molecule has 0 radical (unpaired) electrons. The molecule has 0 bridgehead atoms. The van der Waals surface area contributed by atoms with Gasteiger partial charge < -0.3 is 9.52 Å².